The van der Waals surface area contributed by atoms with Gasteiger partial charge in [-0.2, -0.15) is 0 Å². The van der Waals surface area contributed by atoms with Crippen molar-refractivity contribution in [3.8, 4) is 0 Å². The van der Waals surface area contributed by atoms with E-state index in [-0.39, 0.29) is 4.90 Å². The Kier molecular flexibility index (Phi) is 3.99. The zero-order chi connectivity index (χ0) is 13.3. The fourth-order valence-electron chi connectivity index (χ4n) is 1.28. The van der Waals surface area contributed by atoms with Gasteiger partial charge in [-0.1, -0.05) is 22.0 Å². The predicted molar refractivity (Wildman–Crippen MR) is 67.6 cm³/mol. The zero-order valence-electron chi connectivity index (χ0n) is 9.47. The molecule has 0 aliphatic rings. The van der Waals surface area contributed by atoms with E-state index < -0.39 is 27.0 Å². The number of benzene rings is 1. The molecular formula is C11H13BrO4S. The second kappa shape index (κ2) is 4.78. The number of carboxylic acid groups (broad SMARTS) is 1. The Morgan fingerprint density at radius 1 is 1.41 bits per heavy atom. The molecule has 1 N–H and O–H groups in total. The van der Waals surface area contributed by atoms with E-state index >= 15 is 0 Å². The molecule has 0 radical (unpaired) electrons. The van der Waals surface area contributed by atoms with Crippen LogP contribution in [0.25, 0.3) is 0 Å². The van der Waals surface area contributed by atoms with Gasteiger partial charge in [-0.05, 0) is 32.0 Å². The monoisotopic (exact) mass is 320 g/mol. The Hall–Kier alpha value is -0.880. The molecule has 0 fully saturated rings. The Balaban J connectivity index is 3.10. The van der Waals surface area contributed by atoms with E-state index in [0.717, 1.165) is 0 Å². The summed E-state index contributed by atoms with van der Waals surface area (Å²) in [6.07, 6.45) is 0. The molecule has 0 amide bonds. The number of carbonyl (C=O) groups is 1. The summed E-state index contributed by atoms with van der Waals surface area (Å²) in [4.78, 5) is 11.0. The maximum Gasteiger partial charge on any atom is 0.310 e. The number of rotatable bonds is 4. The Bertz CT molecular complexity index is 534. The highest BCUT2D eigenvalue weighted by Gasteiger charge is 2.34. The van der Waals surface area contributed by atoms with Crippen molar-refractivity contribution in [2.24, 2.45) is 5.41 Å². The lowest BCUT2D eigenvalue weighted by Crippen LogP contribution is -2.32. The first-order valence-corrected chi connectivity index (χ1v) is 7.31. The average Bonchev–Trinajstić information content (AvgIpc) is 2.15. The summed E-state index contributed by atoms with van der Waals surface area (Å²) >= 11 is 3.18. The van der Waals surface area contributed by atoms with Crippen molar-refractivity contribution in [1.29, 1.82) is 0 Å². The van der Waals surface area contributed by atoms with Crippen LogP contribution in [-0.4, -0.2) is 25.2 Å². The van der Waals surface area contributed by atoms with Crippen molar-refractivity contribution < 1.29 is 18.3 Å². The van der Waals surface area contributed by atoms with Crippen LogP contribution < -0.4 is 0 Å². The molecular weight excluding hydrogens is 308 g/mol. The smallest absolute Gasteiger partial charge is 0.310 e. The molecule has 0 saturated heterocycles. The van der Waals surface area contributed by atoms with Gasteiger partial charge in [-0.3, -0.25) is 4.79 Å². The normalized spacial score (nSPS) is 12.4. The van der Waals surface area contributed by atoms with Crippen LogP contribution in [-0.2, 0) is 14.6 Å². The molecule has 0 heterocycles. The van der Waals surface area contributed by atoms with E-state index in [1.54, 1.807) is 12.1 Å². The molecule has 4 nitrogen and oxygen atoms in total. The highest BCUT2D eigenvalue weighted by molar-refractivity contribution is 9.10. The third-order valence-corrected chi connectivity index (χ3v) is 4.85. The van der Waals surface area contributed by atoms with Gasteiger partial charge in [0.2, 0.25) is 0 Å². The molecule has 0 aliphatic heterocycles. The first kappa shape index (κ1) is 14.2. The van der Waals surface area contributed by atoms with Crippen molar-refractivity contribution in [2.75, 3.05) is 5.75 Å². The molecule has 0 aliphatic carbocycles. The number of aliphatic carboxylic acids is 1. The van der Waals surface area contributed by atoms with Gasteiger partial charge in [-0.25, -0.2) is 8.42 Å². The van der Waals surface area contributed by atoms with Crippen molar-refractivity contribution in [1.82, 2.24) is 0 Å². The van der Waals surface area contributed by atoms with Crippen LogP contribution in [0.5, 0.6) is 0 Å². The van der Waals surface area contributed by atoms with Crippen LogP contribution in [0.1, 0.15) is 13.8 Å². The van der Waals surface area contributed by atoms with E-state index in [1.807, 2.05) is 0 Å². The second-order valence-corrected chi connectivity index (χ2v) is 7.31. The summed E-state index contributed by atoms with van der Waals surface area (Å²) in [6, 6.07) is 6.23. The first-order chi connectivity index (χ1) is 7.65. The summed E-state index contributed by atoms with van der Waals surface area (Å²) in [5.41, 5.74) is -1.30. The van der Waals surface area contributed by atoms with E-state index in [0.29, 0.717) is 4.47 Å². The fraction of sp³-hybridized carbons (Fsp3) is 0.364. The number of carboxylic acids is 1. The Labute approximate surface area is 109 Å². The van der Waals surface area contributed by atoms with Crippen molar-refractivity contribution >= 4 is 31.7 Å². The molecule has 6 heteroatoms. The van der Waals surface area contributed by atoms with Gasteiger partial charge < -0.3 is 5.11 Å². The fourth-order valence-corrected chi connectivity index (χ4v) is 3.66. The minimum atomic E-state index is -3.60. The molecule has 94 valence electrons. The molecule has 0 saturated carbocycles. The second-order valence-electron chi connectivity index (χ2n) is 4.41. The van der Waals surface area contributed by atoms with E-state index in [4.69, 9.17) is 5.11 Å². The topological polar surface area (TPSA) is 71.4 Å². The summed E-state index contributed by atoms with van der Waals surface area (Å²) in [5.74, 6) is -1.55. The van der Waals surface area contributed by atoms with Gasteiger partial charge in [0.05, 0.1) is 16.1 Å². The summed E-state index contributed by atoms with van der Waals surface area (Å²) in [7, 11) is -3.60. The van der Waals surface area contributed by atoms with Crippen LogP contribution in [0.15, 0.2) is 33.6 Å². The molecule has 0 bridgehead atoms. The van der Waals surface area contributed by atoms with Gasteiger partial charge in [0.1, 0.15) is 0 Å². The molecule has 0 aromatic heterocycles. The van der Waals surface area contributed by atoms with E-state index in [1.165, 1.54) is 26.0 Å². The molecule has 1 aromatic carbocycles. The lowest BCUT2D eigenvalue weighted by Gasteiger charge is -2.18. The maximum absolute atomic E-state index is 12.0. The lowest BCUT2D eigenvalue weighted by molar-refractivity contribution is -0.145. The van der Waals surface area contributed by atoms with E-state index in [2.05, 4.69) is 15.9 Å². The van der Waals surface area contributed by atoms with Crippen LogP contribution in [0, 0.1) is 5.41 Å². The molecule has 0 unspecified atom stereocenters. The SMILES string of the molecule is CC(C)(CS(=O)(=O)c1cccc(Br)c1)C(=O)O. The van der Waals surface area contributed by atoms with Gasteiger partial charge >= 0.3 is 5.97 Å². The van der Waals surface area contributed by atoms with Crippen LogP contribution >= 0.6 is 15.9 Å². The molecule has 0 atom stereocenters. The third kappa shape index (κ3) is 3.54. The molecule has 1 aromatic rings. The summed E-state index contributed by atoms with van der Waals surface area (Å²) in [5, 5.41) is 8.93. The largest absolute Gasteiger partial charge is 0.481 e. The van der Waals surface area contributed by atoms with Gasteiger partial charge in [0, 0.05) is 4.47 Å². The van der Waals surface area contributed by atoms with Crippen molar-refractivity contribution in [2.45, 2.75) is 18.7 Å². The van der Waals surface area contributed by atoms with Gasteiger partial charge in [-0.15, -0.1) is 0 Å². The summed E-state index contributed by atoms with van der Waals surface area (Å²) < 4.78 is 24.7. The maximum atomic E-state index is 12.0. The quantitative estimate of drug-likeness (QED) is 0.924. The minimum absolute atomic E-state index is 0.126. The van der Waals surface area contributed by atoms with Crippen molar-refractivity contribution in [3.63, 3.8) is 0 Å². The average molecular weight is 321 g/mol. The first-order valence-electron chi connectivity index (χ1n) is 4.87. The summed E-state index contributed by atoms with van der Waals surface area (Å²) in [6.45, 7) is 2.79. The van der Waals surface area contributed by atoms with Crippen molar-refractivity contribution in [3.05, 3.63) is 28.7 Å². The molecule has 17 heavy (non-hydrogen) atoms. The zero-order valence-corrected chi connectivity index (χ0v) is 11.9. The van der Waals surface area contributed by atoms with Gasteiger partial charge in [0.25, 0.3) is 0 Å². The van der Waals surface area contributed by atoms with Crippen LogP contribution in [0.4, 0.5) is 0 Å². The Morgan fingerprint density at radius 2 is 2.00 bits per heavy atom. The standard InChI is InChI=1S/C11H13BrO4S/c1-11(2,10(13)14)7-17(15,16)9-5-3-4-8(12)6-9/h3-6H,7H2,1-2H3,(H,13,14). The van der Waals surface area contributed by atoms with Crippen LogP contribution in [0.3, 0.4) is 0 Å². The number of sulfone groups is 1. The predicted octanol–water partition coefficient (Wildman–Crippen LogP) is 2.33. The Morgan fingerprint density at radius 3 is 2.47 bits per heavy atom. The van der Waals surface area contributed by atoms with E-state index in [9.17, 15) is 13.2 Å². The minimum Gasteiger partial charge on any atom is -0.481 e. The highest BCUT2D eigenvalue weighted by atomic mass is 79.9. The lowest BCUT2D eigenvalue weighted by atomic mass is 9.97. The van der Waals surface area contributed by atoms with Gasteiger partial charge in [0.15, 0.2) is 9.84 Å². The highest BCUT2D eigenvalue weighted by Crippen LogP contribution is 2.24. The number of hydrogen-bond donors (Lipinski definition) is 1. The number of halogens is 1. The van der Waals surface area contributed by atoms with Crippen LogP contribution in [0.2, 0.25) is 0 Å². The molecule has 0 spiro atoms. The number of hydrogen-bond acceptors (Lipinski definition) is 3. The third-order valence-electron chi connectivity index (χ3n) is 2.29. The molecule has 1 rings (SSSR count).